The van der Waals surface area contributed by atoms with E-state index in [4.69, 9.17) is 34.7 Å². The standard InChI is InChI=1S/C12H12Cl2N4O/c1-5-10(14)6(2)18(17-5)11-8(12(16)19)3-7(15)4-9(11)13/h3-4H,15H2,1-2H3,(H2,16,19). The van der Waals surface area contributed by atoms with Crippen LogP contribution in [-0.4, -0.2) is 15.7 Å². The Morgan fingerprint density at radius 2 is 1.95 bits per heavy atom. The summed E-state index contributed by atoms with van der Waals surface area (Å²) < 4.78 is 1.50. The summed E-state index contributed by atoms with van der Waals surface area (Å²) >= 11 is 12.3. The molecule has 0 saturated carbocycles. The molecule has 1 heterocycles. The van der Waals surface area contributed by atoms with E-state index >= 15 is 0 Å². The van der Waals surface area contributed by atoms with Gasteiger partial charge in [-0.2, -0.15) is 5.10 Å². The molecule has 100 valence electrons. The lowest BCUT2D eigenvalue weighted by atomic mass is 10.1. The Kier molecular flexibility index (Phi) is 3.43. The second-order valence-electron chi connectivity index (χ2n) is 4.16. The maximum Gasteiger partial charge on any atom is 0.251 e. The first kappa shape index (κ1) is 13.7. The lowest BCUT2D eigenvalue weighted by molar-refractivity contribution is 0.1000. The van der Waals surface area contributed by atoms with Crippen LogP contribution in [0.1, 0.15) is 21.7 Å². The second-order valence-corrected chi connectivity index (χ2v) is 4.94. The van der Waals surface area contributed by atoms with Crippen LogP contribution in [0, 0.1) is 13.8 Å². The number of hydrogen-bond acceptors (Lipinski definition) is 3. The molecule has 19 heavy (non-hydrogen) atoms. The number of primary amides is 1. The molecule has 0 fully saturated rings. The number of hydrogen-bond donors (Lipinski definition) is 2. The number of nitrogens with two attached hydrogens (primary N) is 2. The fraction of sp³-hybridized carbons (Fsp3) is 0.167. The Morgan fingerprint density at radius 3 is 2.42 bits per heavy atom. The molecular weight excluding hydrogens is 287 g/mol. The van der Waals surface area contributed by atoms with Gasteiger partial charge in [-0.05, 0) is 26.0 Å². The summed E-state index contributed by atoms with van der Waals surface area (Å²) in [4.78, 5) is 11.5. The number of carbonyl (C=O) groups excluding carboxylic acids is 1. The largest absolute Gasteiger partial charge is 0.399 e. The van der Waals surface area contributed by atoms with Gasteiger partial charge in [-0.1, -0.05) is 23.2 Å². The highest BCUT2D eigenvalue weighted by atomic mass is 35.5. The minimum Gasteiger partial charge on any atom is -0.399 e. The van der Waals surface area contributed by atoms with Crippen molar-refractivity contribution in [2.45, 2.75) is 13.8 Å². The van der Waals surface area contributed by atoms with Gasteiger partial charge in [0.15, 0.2) is 0 Å². The van der Waals surface area contributed by atoms with Crippen LogP contribution in [0.4, 0.5) is 5.69 Å². The van der Waals surface area contributed by atoms with E-state index in [0.29, 0.717) is 27.8 Å². The topological polar surface area (TPSA) is 86.9 Å². The Morgan fingerprint density at radius 1 is 1.32 bits per heavy atom. The molecule has 4 N–H and O–H groups in total. The molecular formula is C12H12Cl2N4O. The molecule has 0 unspecified atom stereocenters. The molecule has 1 amide bonds. The Balaban J connectivity index is 2.81. The molecule has 0 aliphatic heterocycles. The molecule has 5 nitrogen and oxygen atoms in total. The van der Waals surface area contributed by atoms with Crippen LogP contribution in [-0.2, 0) is 0 Å². The van der Waals surface area contributed by atoms with E-state index < -0.39 is 5.91 Å². The van der Waals surface area contributed by atoms with Crippen molar-refractivity contribution in [1.82, 2.24) is 9.78 Å². The van der Waals surface area contributed by atoms with Crippen molar-refractivity contribution >= 4 is 34.8 Å². The molecule has 2 aromatic rings. The quantitative estimate of drug-likeness (QED) is 0.835. The summed E-state index contributed by atoms with van der Waals surface area (Å²) in [6.45, 7) is 3.54. The second kappa shape index (κ2) is 4.75. The van der Waals surface area contributed by atoms with Crippen molar-refractivity contribution in [2.24, 2.45) is 5.73 Å². The van der Waals surface area contributed by atoms with Crippen LogP contribution in [0.3, 0.4) is 0 Å². The van der Waals surface area contributed by atoms with E-state index in [1.165, 1.54) is 16.8 Å². The lowest BCUT2D eigenvalue weighted by Gasteiger charge is -2.12. The van der Waals surface area contributed by atoms with Crippen LogP contribution in [0.2, 0.25) is 10.0 Å². The molecule has 0 radical (unpaired) electrons. The molecule has 0 saturated heterocycles. The summed E-state index contributed by atoms with van der Waals surface area (Å²) in [7, 11) is 0. The van der Waals surface area contributed by atoms with E-state index in [2.05, 4.69) is 5.10 Å². The summed E-state index contributed by atoms with van der Waals surface area (Å²) in [6.07, 6.45) is 0. The van der Waals surface area contributed by atoms with Crippen molar-refractivity contribution < 1.29 is 4.79 Å². The maximum atomic E-state index is 11.5. The zero-order chi connectivity index (χ0) is 14.3. The van der Waals surface area contributed by atoms with Crippen molar-refractivity contribution in [2.75, 3.05) is 5.73 Å². The van der Waals surface area contributed by atoms with Crippen molar-refractivity contribution in [3.63, 3.8) is 0 Å². The van der Waals surface area contributed by atoms with Crippen LogP contribution in [0.25, 0.3) is 5.69 Å². The summed E-state index contributed by atoms with van der Waals surface area (Å²) in [5, 5.41) is 5.07. The SMILES string of the molecule is Cc1nn(-c2c(Cl)cc(N)cc2C(N)=O)c(C)c1Cl. The van der Waals surface area contributed by atoms with Gasteiger partial charge in [0.25, 0.3) is 5.91 Å². The highest BCUT2D eigenvalue weighted by molar-refractivity contribution is 6.34. The molecule has 0 aliphatic rings. The van der Waals surface area contributed by atoms with Gasteiger partial charge in [-0.3, -0.25) is 4.79 Å². The number of aryl methyl sites for hydroxylation is 1. The number of aromatic nitrogens is 2. The van der Waals surface area contributed by atoms with E-state index in [1.807, 2.05) is 0 Å². The van der Waals surface area contributed by atoms with Crippen molar-refractivity contribution in [3.8, 4) is 5.69 Å². The first-order valence-corrected chi connectivity index (χ1v) is 6.19. The predicted molar refractivity (Wildman–Crippen MR) is 76.0 cm³/mol. The molecule has 0 bridgehead atoms. The fourth-order valence-electron chi connectivity index (χ4n) is 1.86. The molecule has 1 aromatic heterocycles. The van der Waals surface area contributed by atoms with E-state index in [9.17, 15) is 4.79 Å². The Hall–Kier alpha value is -1.72. The fourth-order valence-corrected chi connectivity index (χ4v) is 2.29. The van der Waals surface area contributed by atoms with Gasteiger partial charge in [-0.15, -0.1) is 0 Å². The average molecular weight is 299 g/mol. The molecule has 1 aromatic carbocycles. The number of nitrogen functional groups attached to an aromatic ring is 1. The molecule has 0 spiro atoms. The smallest absolute Gasteiger partial charge is 0.251 e. The van der Waals surface area contributed by atoms with Gasteiger partial charge in [-0.25, -0.2) is 4.68 Å². The third kappa shape index (κ3) is 2.27. The van der Waals surface area contributed by atoms with Crippen molar-refractivity contribution in [3.05, 3.63) is 39.1 Å². The third-order valence-electron chi connectivity index (χ3n) is 2.77. The van der Waals surface area contributed by atoms with Crippen LogP contribution >= 0.6 is 23.2 Å². The normalized spacial score (nSPS) is 10.7. The number of benzene rings is 1. The van der Waals surface area contributed by atoms with E-state index in [1.54, 1.807) is 13.8 Å². The number of rotatable bonds is 2. The third-order valence-corrected chi connectivity index (χ3v) is 3.60. The first-order valence-electron chi connectivity index (χ1n) is 5.43. The van der Waals surface area contributed by atoms with E-state index in [0.717, 1.165) is 0 Å². The Labute approximate surface area is 120 Å². The molecule has 0 atom stereocenters. The van der Waals surface area contributed by atoms with Crippen molar-refractivity contribution in [1.29, 1.82) is 0 Å². The number of amides is 1. The zero-order valence-electron chi connectivity index (χ0n) is 10.4. The first-order chi connectivity index (χ1) is 8.82. The van der Waals surface area contributed by atoms with Gasteiger partial charge >= 0.3 is 0 Å². The van der Waals surface area contributed by atoms with Gasteiger partial charge < -0.3 is 11.5 Å². The summed E-state index contributed by atoms with van der Waals surface area (Å²) in [6, 6.07) is 3.00. The maximum absolute atomic E-state index is 11.5. The van der Waals surface area contributed by atoms with Crippen LogP contribution in [0.5, 0.6) is 0 Å². The molecule has 2 rings (SSSR count). The van der Waals surface area contributed by atoms with Gasteiger partial charge in [0, 0.05) is 5.69 Å². The number of halogens is 2. The Bertz CT molecular complexity index is 679. The van der Waals surface area contributed by atoms with Gasteiger partial charge in [0.05, 0.1) is 32.7 Å². The van der Waals surface area contributed by atoms with Crippen LogP contribution in [0.15, 0.2) is 12.1 Å². The number of carbonyl (C=O) groups is 1. The minimum atomic E-state index is -0.632. The lowest BCUT2D eigenvalue weighted by Crippen LogP contribution is -2.16. The van der Waals surface area contributed by atoms with Gasteiger partial charge in [0.1, 0.15) is 0 Å². The summed E-state index contributed by atoms with van der Waals surface area (Å²) in [5.41, 5.74) is 13.3. The van der Waals surface area contributed by atoms with Gasteiger partial charge in [0.2, 0.25) is 0 Å². The zero-order valence-corrected chi connectivity index (χ0v) is 11.9. The van der Waals surface area contributed by atoms with E-state index in [-0.39, 0.29) is 10.6 Å². The average Bonchev–Trinajstić information content (AvgIpc) is 2.56. The highest BCUT2D eigenvalue weighted by Crippen LogP contribution is 2.31. The monoisotopic (exact) mass is 298 g/mol. The molecule has 7 heteroatoms. The predicted octanol–water partition coefficient (Wildman–Crippen LogP) is 2.48. The minimum absolute atomic E-state index is 0.201. The highest BCUT2D eigenvalue weighted by Gasteiger charge is 2.19. The number of nitrogens with zero attached hydrogens (tertiary/aromatic N) is 2. The summed E-state index contributed by atoms with van der Waals surface area (Å²) in [5.74, 6) is -0.632. The number of anilines is 1. The van der Waals surface area contributed by atoms with Crippen LogP contribution < -0.4 is 11.5 Å². The molecule has 0 aliphatic carbocycles.